The van der Waals surface area contributed by atoms with E-state index in [4.69, 9.17) is 4.74 Å². The van der Waals surface area contributed by atoms with Crippen molar-refractivity contribution in [3.05, 3.63) is 46.8 Å². The lowest BCUT2D eigenvalue weighted by Gasteiger charge is -2.26. The molecule has 0 saturated carbocycles. The molecule has 1 aliphatic carbocycles. The fourth-order valence-corrected chi connectivity index (χ4v) is 2.92. The maximum atomic E-state index is 10.3. The summed E-state index contributed by atoms with van der Waals surface area (Å²) in [5.41, 5.74) is 4.20. The van der Waals surface area contributed by atoms with Crippen LogP contribution in [0.25, 0.3) is 0 Å². The molecule has 2 aromatic rings. The van der Waals surface area contributed by atoms with Crippen molar-refractivity contribution in [1.29, 1.82) is 0 Å². The zero-order valence-corrected chi connectivity index (χ0v) is 11.2. The van der Waals surface area contributed by atoms with Gasteiger partial charge in [0.15, 0.2) is 0 Å². The molecule has 2 unspecified atom stereocenters. The average Bonchev–Trinajstić information content (AvgIpc) is 2.81. The predicted octanol–water partition coefficient (Wildman–Crippen LogP) is 2.49. The molecule has 0 bridgehead atoms. The molecule has 0 spiro atoms. The van der Waals surface area contributed by atoms with E-state index < -0.39 is 6.10 Å². The van der Waals surface area contributed by atoms with Crippen LogP contribution < -0.4 is 4.74 Å². The summed E-state index contributed by atoms with van der Waals surface area (Å²) in [6.07, 6.45) is 1.21. The number of hydrogen-bond donors (Lipinski definition) is 2. The molecular formula is C15H18N2O2. The number of benzene rings is 1. The second-order valence-electron chi connectivity index (χ2n) is 5.13. The topological polar surface area (TPSA) is 58.1 Å². The first kappa shape index (κ1) is 12.2. The van der Waals surface area contributed by atoms with Gasteiger partial charge < -0.3 is 9.84 Å². The third kappa shape index (κ3) is 2.12. The molecule has 100 valence electrons. The van der Waals surface area contributed by atoms with Crippen LogP contribution in [0.2, 0.25) is 0 Å². The number of fused-ring (bicyclic) bond motifs is 1. The second kappa shape index (κ2) is 4.70. The molecule has 1 aromatic carbocycles. The van der Waals surface area contributed by atoms with Gasteiger partial charge in [-0.05, 0) is 43.4 Å². The van der Waals surface area contributed by atoms with E-state index in [1.165, 1.54) is 5.56 Å². The molecule has 0 radical (unpaired) electrons. The summed E-state index contributed by atoms with van der Waals surface area (Å²) in [6, 6.07) is 8.07. The fourth-order valence-electron chi connectivity index (χ4n) is 2.92. The Hall–Kier alpha value is -1.81. The lowest BCUT2D eigenvalue weighted by molar-refractivity contribution is 0.147. The van der Waals surface area contributed by atoms with Crippen molar-refractivity contribution in [2.45, 2.75) is 31.8 Å². The van der Waals surface area contributed by atoms with Crippen LogP contribution in [0.3, 0.4) is 0 Å². The third-order valence-electron chi connectivity index (χ3n) is 3.94. The van der Waals surface area contributed by atoms with Crippen LogP contribution in [-0.2, 0) is 6.42 Å². The molecule has 4 nitrogen and oxygen atoms in total. The van der Waals surface area contributed by atoms with E-state index in [1.54, 1.807) is 7.11 Å². The van der Waals surface area contributed by atoms with Gasteiger partial charge in [0.1, 0.15) is 5.75 Å². The van der Waals surface area contributed by atoms with Crippen LogP contribution in [0.15, 0.2) is 24.3 Å². The predicted molar refractivity (Wildman–Crippen MR) is 72.3 cm³/mol. The van der Waals surface area contributed by atoms with Gasteiger partial charge in [-0.25, -0.2) is 0 Å². The van der Waals surface area contributed by atoms with E-state index in [2.05, 4.69) is 22.3 Å². The number of methoxy groups -OCH3 is 1. The van der Waals surface area contributed by atoms with Gasteiger partial charge in [-0.3, -0.25) is 5.10 Å². The highest BCUT2D eigenvalue weighted by Crippen LogP contribution is 2.39. The fraction of sp³-hybridized carbons (Fsp3) is 0.400. The highest BCUT2D eigenvalue weighted by Gasteiger charge is 2.30. The number of aromatic amines is 1. The molecule has 1 aromatic heterocycles. The van der Waals surface area contributed by atoms with Crippen molar-refractivity contribution in [2.24, 2.45) is 0 Å². The number of nitrogens with zero attached hydrogens (tertiary/aromatic N) is 1. The number of H-pyrrole nitrogens is 1. The number of aliphatic hydroxyl groups is 1. The minimum atomic E-state index is -0.422. The Kier molecular flexibility index (Phi) is 3.03. The van der Waals surface area contributed by atoms with Gasteiger partial charge in [0.2, 0.25) is 0 Å². The zero-order valence-electron chi connectivity index (χ0n) is 11.2. The first-order valence-corrected chi connectivity index (χ1v) is 6.54. The smallest absolute Gasteiger partial charge is 0.118 e. The molecule has 1 aliphatic rings. The number of rotatable bonds is 2. The lowest BCUT2D eigenvalue weighted by Crippen LogP contribution is -2.17. The highest BCUT2D eigenvalue weighted by molar-refractivity contribution is 5.35. The summed E-state index contributed by atoms with van der Waals surface area (Å²) in [5, 5.41) is 17.6. The van der Waals surface area contributed by atoms with Crippen molar-refractivity contribution >= 4 is 0 Å². The third-order valence-corrected chi connectivity index (χ3v) is 3.94. The van der Waals surface area contributed by atoms with Gasteiger partial charge >= 0.3 is 0 Å². The number of hydrogen-bond acceptors (Lipinski definition) is 3. The quantitative estimate of drug-likeness (QED) is 0.870. The first-order chi connectivity index (χ1) is 9.19. The van der Waals surface area contributed by atoms with Gasteiger partial charge in [0.05, 0.1) is 18.9 Å². The normalized spacial score (nSPS) is 22.1. The standard InChI is InChI=1S/C15H18N2O2/c1-9-15-13(17-16-9)7-11(8-14(15)18)10-3-5-12(19-2)6-4-10/h3-6,11,14,18H,7-8H2,1-2H3,(H,16,17). The number of aryl methyl sites for hydroxylation is 1. The van der Waals surface area contributed by atoms with Gasteiger partial charge in [-0.2, -0.15) is 5.10 Å². The van der Waals surface area contributed by atoms with Gasteiger partial charge in [-0.15, -0.1) is 0 Å². The van der Waals surface area contributed by atoms with Crippen LogP contribution in [0.5, 0.6) is 5.75 Å². The van der Waals surface area contributed by atoms with Crippen LogP contribution in [0.1, 0.15) is 41.0 Å². The molecule has 0 aliphatic heterocycles. The van der Waals surface area contributed by atoms with Crippen molar-refractivity contribution in [3.8, 4) is 5.75 Å². The Bertz CT molecular complexity index is 574. The largest absolute Gasteiger partial charge is 0.497 e. The lowest BCUT2D eigenvalue weighted by atomic mass is 9.81. The van der Waals surface area contributed by atoms with E-state index >= 15 is 0 Å². The summed E-state index contributed by atoms with van der Waals surface area (Å²) in [7, 11) is 1.66. The Morgan fingerprint density at radius 1 is 1.32 bits per heavy atom. The molecule has 3 rings (SSSR count). The molecule has 0 fully saturated rings. The Balaban J connectivity index is 1.88. The van der Waals surface area contributed by atoms with Crippen molar-refractivity contribution in [3.63, 3.8) is 0 Å². The summed E-state index contributed by atoms with van der Waals surface area (Å²) in [4.78, 5) is 0. The number of aromatic nitrogens is 2. The van der Waals surface area contributed by atoms with Gasteiger partial charge in [0.25, 0.3) is 0 Å². The summed E-state index contributed by atoms with van der Waals surface area (Å²) in [5.74, 6) is 1.17. The maximum absolute atomic E-state index is 10.3. The molecular weight excluding hydrogens is 240 g/mol. The summed E-state index contributed by atoms with van der Waals surface area (Å²) in [6.45, 7) is 1.96. The number of nitrogens with one attached hydrogen (secondary N) is 1. The van der Waals surface area contributed by atoms with Crippen molar-refractivity contribution < 1.29 is 9.84 Å². The van der Waals surface area contributed by atoms with Crippen LogP contribution in [0, 0.1) is 6.92 Å². The highest BCUT2D eigenvalue weighted by atomic mass is 16.5. The Labute approximate surface area is 112 Å². The minimum Gasteiger partial charge on any atom is -0.497 e. The van der Waals surface area contributed by atoms with E-state index in [0.29, 0.717) is 5.92 Å². The molecule has 2 N–H and O–H groups in total. The number of aliphatic hydroxyl groups excluding tert-OH is 1. The van der Waals surface area contributed by atoms with E-state index in [-0.39, 0.29) is 0 Å². The Morgan fingerprint density at radius 3 is 2.74 bits per heavy atom. The zero-order chi connectivity index (χ0) is 13.4. The van der Waals surface area contributed by atoms with Crippen LogP contribution in [0.4, 0.5) is 0 Å². The SMILES string of the molecule is COc1ccc(C2Cc3n[nH]c(C)c3C(O)C2)cc1. The molecule has 0 saturated heterocycles. The maximum Gasteiger partial charge on any atom is 0.118 e. The molecule has 1 heterocycles. The van der Waals surface area contributed by atoms with E-state index in [9.17, 15) is 5.11 Å². The monoisotopic (exact) mass is 258 g/mol. The van der Waals surface area contributed by atoms with Crippen LogP contribution >= 0.6 is 0 Å². The molecule has 4 heteroatoms. The minimum absolute atomic E-state index is 0.316. The van der Waals surface area contributed by atoms with Crippen molar-refractivity contribution in [1.82, 2.24) is 10.2 Å². The molecule has 2 atom stereocenters. The van der Waals surface area contributed by atoms with E-state index in [0.717, 1.165) is 35.5 Å². The summed E-state index contributed by atoms with van der Waals surface area (Å²) >= 11 is 0. The molecule has 19 heavy (non-hydrogen) atoms. The van der Waals surface area contributed by atoms with Crippen LogP contribution in [-0.4, -0.2) is 22.4 Å². The first-order valence-electron chi connectivity index (χ1n) is 6.54. The van der Waals surface area contributed by atoms with Gasteiger partial charge in [-0.1, -0.05) is 12.1 Å². The summed E-state index contributed by atoms with van der Waals surface area (Å²) < 4.78 is 5.17. The second-order valence-corrected chi connectivity index (χ2v) is 5.13. The number of ether oxygens (including phenoxy) is 1. The van der Waals surface area contributed by atoms with Crippen molar-refractivity contribution in [2.75, 3.05) is 7.11 Å². The van der Waals surface area contributed by atoms with Gasteiger partial charge in [0, 0.05) is 11.3 Å². The molecule has 0 amide bonds. The van der Waals surface area contributed by atoms with E-state index in [1.807, 2.05) is 19.1 Å². The Morgan fingerprint density at radius 2 is 2.05 bits per heavy atom. The average molecular weight is 258 g/mol.